The maximum Gasteiger partial charge on any atom is 0.127 e. The number of nitrogens with two attached hydrogens (primary N) is 1. The summed E-state index contributed by atoms with van der Waals surface area (Å²) in [5, 5.41) is 0. The highest BCUT2D eigenvalue weighted by molar-refractivity contribution is 5.30. The van der Waals surface area contributed by atoms with E-state index < -0.39 is 0 Å². The second-order valence-electron chi connectivity index (χ2n) is 4.14. The lowest BCUT2D eigenvalue weighted by Gasteiger charge is -2.12. The summed E-state index contributed by atoms with van der Waals surface area (Å²) in [4.78, 5) is 0. The van der Waals surface area contributed by atoms with Crippen molar-refractivity contribution >= 4 is 0 Å². The van der Waals surface area contributed by atoms with Crippen LogP contribution in [-0.4, -0.2) is 12.1 Å². The summed E-state index contributed by atoms with van der Waals surface area (Å²) < 4.78 is 18.6. The first-order chi connectivity index (χ1) is 6.97. The molecule has 2 N–H and O–H groups in total. The lowest BCUT2D eigenvalue weighted by atomic mass is 10.1. The van der Waals surface area contributed by atoms with E-state index in [1.54, 1.807) is 0 Å². The first-order valence-electron chi connectivity index (χ1n) is 5.19. The van der Waals surface area contributed by atoms with Gasteiger partial charge in [-0.2, -0.15) is 0 Å². The summed E-state index contributed by atoms with van der Waals surface area (Å²) in [6, 6.07) is 4.76. The number of halogens is 1. The number of ether oxygens (including phenoxy) is 1. The maximum atomic E-state index is 13.2. The largest absolute Gasteiger partial charge is 0.491 e. The van der Waals surface area contributed by atoms with Crippen molar-refractivity contribution in [3.63, 3.8) is 0 Å². The van der Waals surface area contributed by atoms with Gasteiger partial charge < -0.3 is 10.5 Å². The van der Waals surface area contributed by atoms with Gasteiger partial charge in [-0.05, 0) is 44.9 Å². The third-order valence-corrected chi connectivity index (χ3v) is 1.86. The van der Waals surface area contributed by atoms with Crippen LogP contribution in [-0.2, 0) is 6.42 Å². The van der Waals surface area contributed by atoms with Crippen LogP contribution in [0.2, 0.25) is 0 Å². The van der Waals surface area contributed by atoms with Crippen LogP contribution in [0.3, 0.4) is 0 Å². The molecule has 1 rings (SSSR count). The van der Waals surface area contributed by atoms with Gasteiger partial charge in [0.05, 0.1) is 6.10 Å². The molecular weight excluding hydrogens is 193 g/mol. The van der Waals surface area contributed by atoms with Crippen molar-refractivity contribution in [3.8, 4) is 5.75 Å². The number of hydrogen-bond acceptors (Lipinski definition) is 2. The minimum Gasteiger partial charge on any atom is -0.491 e. The van der Waals surface area contributed by atoms with E-state index in [0.717, 1.165) is 5.56 Å². The van der Waals surface area contributed by atoms with Crippen LogP contribution < -0.4 is 10.5 Å². The predicted molar refractivity (Wildman–Crippen MR) is 59.5 cm³/mol. The molecule has 0 radical (unpaired) electrons. The monoisotopic (exact) mass is 211 g/mol. The molecule has 2 nitrogen and oxygen atoms in total. The van der Waals surface area contributed by atoms with Crippen molar-refractivity contribution in [2.45, 2.75) is 39.3 Å². The van der Waals surface area contributed by atoms with E-state index in [1.807, 2.05) is 26.8 Å². The molecule has 1 aromatic carbocycles. The maximum absolute atomic E-state index is 13.2. The standard InChI is InChI=1S/C12H18FNO/c1-8(2)15-12-6-10(4-9(3)14)5-11(13)7-12/h5-9H,4,14H2,1-3H3. The fourth-order valence-corrected chi connectivity index (χ4v) is 1.45. The molecule has 0 aliphatic rings. The Morgan fingerprint density at radius 2 is 1.93 bits per heavy atom. The minimum absolute atomic E-state index is 0.0266. The van der Waals surface area contributed by atoms with Crippen molar-refractivity contribution in [1.82, 2.24) is 0 Å². The van der Waals surface area contributed by atoms with Crippen LogP contribution in [0.25, 0.3) is 0 Å². The van der Waals surface area contributed by atoms with Crippen molar-refractivity contribution in [1.29, 1.82) is 0 Å². The summed E-state index contributed by atoms with van der Waals surface area (Å²) in [5.41, 5.74) is 6.54. The fourth-order valence-electron chi connectivity index (χ4n) is 1.45. The first-order valence-corrected chi connectivity index (χ1v) is 5.19. The predicted octanol–water partition coefficient (Wildman–Crippen LogP) is 2.50. The lowest BCUT2D eigenvalue weighted by Crippen LogP contribution is -2.18. The van der Waals surface area contributed by atoms with Gasteiger partial charge in [0.25, 0.3) is 0 Å². The Hall–Kier alpha value is -1.09. The Morgan fingerprint density at radius 1 is 1.27 bits per heavy atom. The van der Waals surface area contributed by atoms with Gasteiger partial charge in [-0.1, -0.05) is 0 Å². The normalized spacial score (nSPS) is 12.9. The zero-order chi connectivity index (χ0) is 11.4. The van der Waals surface area contributed by atoms with E-state index in [9.17, 15) is 4.39 Å². The Kier molecular flexibility index (Phi) is 4.09. The molecule has 1 unspecified atom stereocenters. The molecule has 0 aliphatic heterocycles. The van der Waals surface area contributed by atoms with Crippen LogP contribution in [0.5, 0.6) is 5.75 Å². The molecule has 0 fully saturated rings. The van der Waals surface area contributed by atoms with E-state index in [4.69, 9.17) is 10.5 Å². The molecule has 0 saturated heterocycles. The molecule has 0 heterocycles. The second-order valence-corrected chi connectivity index (χ2v) is 4.14. The molecule has 0 saturated carbocycles. The smallest absolute Gasteiger partial charge is 0.127 e. The molecule has 0 bridgehead atoms. The van der Waals surface area contributed by atoms with Crippen LogP contribution in [0.15, 0.2) is 18.2 Å². The fraction of sp³-hybridized carbons (Fsp3) is 0.500. The van der Waals surface area contributed by atoms with Gasteiger partial charge in [-0.3, -0.25) is 0 Å². The number of benzene rings is 1. The molecule has 3 heteroatoms. The highest BCUT2D eigenvalue weighted by Gasteiger charge is 2.05. The van der Waals surface area contributed by atoms with Crippen LogP contribution in [0.4, 0.5) is 4.39 Å². The Bertz CT molecular complexity index is 295. The molecule has 0 amide bonds. The number of rotatable bonds is 4. The Labute approximate surface area is 90.2 Å². The summed E-state index contributed by atoms with van der Waals surface area (Å²) >= 11 is 0. The summed E-state index contributed by atoms with van der Waals surface area (Å²) in [6.07, 6.45) is 0.710. The molecule has 1 atom stereocenters. The third kappa shape index (κ3) is 4.30. The van der Waals surface area contributed by atoms with Gasteiger partial charge in [-0.25, -0.2) is 4.39 Å². The minimum atomic E-state index is -0.274. The molecule has 0 aromatic heterocycles. The average molecular weight is 211 g/mol. The van der Waals surface area contributed by atoms with Crippen molar-refractivity contribution in [3.05, 3.63) is 29.6 Å². The van der Waals surface area contributed by atoms with Gasteiger partial charge in [-0.15, -0.1) is 0 Å². The molecule has 15 heavy (non-hydrogen) atoms. The molecular formula is C12H18FNO. The van der Waals surface area contributed by atoms with Gasteiger partial charge in [0.15, 0.2) is 0 Å². The van der Waals surface area contributed by atoms with Crippen LogP contribution >= 0.6 is 0 Å². The topological polar surface area (TPSA) is 35.2 Å². The molecule has 1 aromatic rings. The first kappa shape index (κ1) is 12.0. The van der Waals surface area contributed by atoms with Crippen molar-refractivity contribution in [2.24, 2.45) is 5.73 Å². The summed E-state index contributed by atoms with van der Waals surface area (Å²) in [6.45, 7) is 5.72. The van der Waals surface area contributed by atoms with E-state index in [0.29, 0.717) is 12.2 Å². The summed E-state index contributed by atoms with van der Waals surface area (Å²) in [7, 11) is 0. The third-order valence-electron chi connectivity index (χ3n) is 1.86. The van der Waals surface area contributed by atoms with Crippen LogP contribution in [0.1, 0.15) is 26.3 Å². The number of hydrogen-bond donors (Lipinski definition) is 1. The van der Waals surface area contributed by atoms with E-state index in [2.05, 4.69) is 0 Å². The Morgan fingerprint density at radius 3 is 2.47 bits per heavy atom. The SMILES string of the molecule is CC(N)Cc1cc(F)cc(OC(C)C)c1. The Balaban J connectivity index is 2.84. The average Bonchev–Trinajstić information content (AvgIpc) is 1.98. The van der Waals surface area contributed by atoms with E-state index in [1.165, 1.54) is 12.1 Å². The van der Waals surface area contributed by atoms with Crippen LogP contribution in [0, 0.1) is 5.82 Å². The zero-order valence-corrected chi connectivity index (χ0v) is 9.46. The van der Waals surface area contributed by atoms with Gasteiger partial charge in [0.2, 0.25) is 0 Å². The molecule has 0 aliphatic carbocycles. The highest BCUT2D eigenvalue weighted by atomic mass is 19.1. The van der Waals surface area contributed by atoms with Crippen molar-refractivity contribution in [2.75, 3.05) is 0 Å². The van der Waals surface area contributed by atoms with Gasteiger partial charge in [0, 0.05) is 12.1 Å². The van der Waals surface area contributed by atoms with Gasteiger partial charge >= 0.3 is 0 Å². The lowest BCUT2D eigenvalue weighted by molar-refractivity contribution is 0.241. The highest BCUT2D eigenvalue weighted by Crippen LogP contribution is 2.18. The zero-order valence-electron chi connectivity index (χ0n) is 9.46. The molecule has 84 valence electrons. The summed E-state index contributed by atoms with van der Waals surface area (Å²) in [5.74, 6) is 0.296. The van der Waals surface area contributed by atoms with Gasteiger partial charge in [0.1, 0.15) is 11.6 Å². The van der Waals surface area contributed by atoms with E-state index >= 15 is 0 Å². The molecule has 0 spiro atoms. The van der Waals surface area contributed by atoms with E-state index in [-0.39, 0.29) is 18.0 Å². The second kappa shape index (κ2) is 5.12. The quantitative estimate of drug-likeness (QED) is 0.830. The van der Waals surface area contributed by atoms with Crippen molar-refractivity contribution < 1.29 is 9.13 Å².